The van der Waals surface area contributed by atoms with E-state index in [-0.39, 0.29) is 11.5 Å². The first-order valence-corrected chi connectivity index (χ1v) is 5.58. The van der Waals surface area contributed by atoms with Crippen LogP contribution in [-0.2, 0) is 0 Å². The van der Waals surface area contributed by atoms with Gasteiger partial charge >= 0.3 is 0 Å². The second kappa shape index (κ2) is 5.33. The van der Waals surface area contributed by atoms with Gasteiger partial charge in [-0.05, 0) is 30.3 Å². The van der Waals surface area contributed by atoms with E-state index >= 15 is 0 Å². The minimum absolute atomic E-state index is 0.104. The highest BCUT2D eigenvalue weighted by atomic mass is 35.5. The van der Waals surface area contributed by atoms with Crippen molar-refractivity contribution >= 4 is 29.0 Å². The van der Waals surface area contributed by atoms with Gasteiger partial charge in [-0.25, -0.2) is 0 Å². The van der Waals surface area contributed by atoms with Crippen LogP contribution in [0.3, 0.4) is 0 Å². The summed E-state index contributed by atoms with van der Waals surface area (Å²) in [5.74, 6) is -0.259. The molecular formula is C12H8ClN5O. The van der Waals surface area contributed by atoms with Crippen LogP contribution in [0.2, 0.25) is 5.02 Å². The minimum Gasteiger partial charge on any atom is -0.382 e. The van der Waals surface area contributed by atoms with Crippen molar-refractivity contribution in [1.82, 2.24) is 10.2 Å². The van der Waals surface area contributed by atoms with Gasteiger partial charge in [0.2, 0.25) is 0 Å². The normalized spacial score (nSPS) is 9.68. The van der Waals surface area contributed by atoms with Crippen molar-refractivity contribution in [2.24, 2.45) is 0 Å². The Balaban J connectivity index is 2.24. The smallest absolute Gasteiger partial charge is 0.276 e. The van der Waals surface area contributed by atoms with Gasteiger partial charge in [0.1, 0.15) is 5.82 Å². The van der Waals surface area contributed by atoms with Gasteiger partial charge in [0.25, 0.3) is 5.91 Å². The summed E-state index contributed by atoms with van der Waals surface area (Å²) in [4.78, 5) is 11.9. The van der Waals surface area contributed by atoms with Crippen LogP contribution < -0.4 is 11.1 Å². The minimum atomic E-state index is -0.482. The molecule has 0 unspecified atom stereocenters. The zero-order valence-corrected chi connectivity index (χ0v) is 10.3. The van der Waals surface area contributed by atoms with Crippen molar-refractivity contribution in [1.29, 1.82) is 5.26 Å². The number of aromatic nitrogens is 2. The first-order valence-electron chi connectivity index (χ1n) is 5.20. The Morgan fingerprint density at radius 2 is 2.11 bits per heavy atom. The van der Waals surface area contributed by atoms with E-state index in [9.17, 15) is 4.79 Å². The molecule has 0 aliphatic heterocycles. The third kappa shape index (κ3) is 2.97. The molecule has 0 aliphatic rings. The summed E-state index contributed by atoms with van der Waals surface area (Å²) in [6.45, 7) is 0. The average Bonchev–Trinajstić information content (AvgIpc) is 2.42. The fourth-order valence-corrected chi connectivity index (χ4v) is 1.51. The maximum atomic E-state index is 11.9. The number of hydrogen-bond acceptors (Lipinski definition) is 5. The van der Waals surface area contributed by atoms with E-state index in [1.54, 1.807) is 6.07 Å². The molecule has 1 heterocycles. The number of hydrogen-bond donors (Lipinski definition) is 2. The molecule has 0 fully saturated rings. The molecule has 0 saturated heterocycles. The van der Waals surface area contributed by atoms with Gasteiger partial charge in [-0.15, -0.1) is 10.2 Å². The van der Waals surface area contributed by atoms with E-state index < -0.39 is 5.91 Å². The third-order valence-electron chi connectivity index (χ3n) is 2.26. The summed E-state index contributed by atoms with van der Waals surface area (Å²) in [7, 11) is 0. The highest BCUT2D eigenvalue weighted by Crippen LogP contribution is 2.23. The molecule has 0 saturated carbocycles. The molecule has 7 heteroatoms. The quantitative estimate of drug-likeness (QED) is 0.868. The molecule has 19 heavy (non-hydrogen) atoms. The van der Waals surface area contributed by atoms with Gasteiger partial charge in [-0.1, -0.05) is 11.6 Å². The number of nitrogen functional groups attached to an aromatic ring is 1. The molecule has 2 aromatic rings. The third-order valence-corrected chi connectivity index (χ3v) is 2.59. The maximum absolute atomic E-state index is 11.9. The number of nitrogens with one attached hydrogen (secondary N) is 1. The van der Waals surface area contributed by atoms with E-state index in [0.29, 0.717) is 16.3 Å². The van der Waals surface area contributed by atoms with Gasteiger partial charge in [0, 0.05) is 0 Å². The largest absolute Gasteiger partial charge is 0.382 e. The van der Waals surface area contributed by atoms with Crippen LogP contribution in [0, 0.1) is 11.3 Å². The topological polar surface area (TPSA) is 105 Å². The van der Waals surface area contributed by atoms with E-state index in [0.717, 1.165) is 0 Å². The average molecular weight is 274 g/mol. The number of benzene rings is 1. The van der Waals surface area contributed by atoms with E-state index in [1.165, 1.54) is 24.3 Å². The van der Waals surface area contributed by atoms with Crippen molar-refractivity contribution in [2.75, 3.05) is 11.1 Å². The Bertz CT molecular complexity index is 663. The first kappa shape index (κ1) is 12.8. The summed E-state index contributed by atoms with van der Waals surface area (Å²) < 4.78 is 0. The Morgan fingerprint density at radius 1 is 1.32 bits per heavy atom. The number of nitriles is 1. The van der Waals surface area contributed by atoms with Crippen LogP contribution >= 0.6 is 11.6 Å². The molecule has 1 amide bonds. The van der Waals surface area contributed by atoms with Crippen molar-refractivity contribution in [3.05, 3.63) is 46.6 Å². The summed E-state index contributed by atoms with van der Waals surface area (Å²) in [5.41, 5.74) is 6.21. The van der Waals surface area contributed by atoms with Crippen molar-refractivity contribution < 1.29 is 4.79 Å². The van der Waals surface area contributed by atoms with Gasteiger partial charge < -0.3 is 11.1 Å². The summed E-state index contributed by atoms with van der Waals surface area (Å²) >= 11 is 5.93. The van der Waals surface area contributed by atoms with Crippen molar-refractivity contribution in [3.63, 3.8) is 0 Å². The van der Waals surface area contributed by atoms with Crippen LogP contribution in [0.4, 0.5) is 11.5 Å². The molecule has 94 valence electrons. The van der Waals surface area contributed by atoms with Gasteiger partial charge in [0.05, 0.1) is 22.3 Å². The van der Waals surface area contributed by atoms with Gasteiger partial charge in [-0.2, -0.15) is 5.26 Å². The number of anilines is 2. The highest BCUT2D eigenvalue weighted by molar-refractivity contribution is 6.33. The van der Waals surface area contributed by atoms with E-state index in [4.69, 9.17) is 22.6 Å². The van der Waals surface area contributed by atoms with Crippen molar-refractivity contribution in [2.45, 2.75) is 0 Å². The lowest BCUT2D eigenvalue weighted by atomic mass is 10.2. The molecular weight excluding hydrogens is 266 g/mol. The molecule has 6 nitrogen and oxygen atoms in total. The Hall–Kier alpha value is -2.65. The lowest BCUT2D eigenvalue weighted by molar-refractivity contribution is 0.102. The van der Waals surface area contributed by atoms with E-state index in [2.05, 4.69) is 15.5 Å². The van der Waals surface area contributed by atoms with Crippen molar-refractivity contribution in [3.8, 4) is 6.07 Å². The lowest BCUT2D eigenvalue weighted by Crippen LogP contribution is -2.15. The molecule has 2 rings (SSSR count). The Kier molecular flexibility index (Phi) is 3.59. The van der Waals surface area contributed by atoms with Crippen LogP contribution in [-0.4, -0.2) is 16.1 Å². The summed E-state index contributed by atoms with van der Waals surface area (Å²) in [5, 5.41) is 18.9. The standard InChI is InChI=1S/C12H8ClN5O/c13-8-2-1-7(6-14)5-10(8)16-12(19)9-3-4-11(15)18-17-9/h1-5H,(H2,15,18)(H,16,19). The second-order valence-corrected chi connectivity index (χ2v) is 4.01. The van der Waals surface area contributed by atoms with Gasteiger partial charge in [0.15, 0.2) is 5.69 Å². The SMILES string of the molecule is N#Cc1ccc(Cl)c(NC(=O)c2ccc(N)nn2)c1. The Labute approximate surface area is 113 Å². The fraction of sp³-hybridized carbons (Fsp3) is 0. The van der Waals surface area contributed by atoms with Crippen LogP contribution in [0.15, 0.2) is 30.3 Å². The zero-order valence-electron chi connectivity index (χ0n) is 9.59. The molecule has 1 aromatic carbocycles. The number of carbonyl (C=O) groups is 1. The number of rotatable bonds is 2. The predicted octanol–water partition coefficient (Wildman–Crippen LogP) is 1.84. The molecule has 0 atom stereocenters. The fourth-order valence-electron chi connectivity index (χ4n) is 1.34. The zero-order chi connectivity index (χ0) is 13.8. The van der Waals surface area contributed by atoms with Gasteiger partial charge in [-0.3, -0.25) is 4.79 Å². The first-order chi connectivity index (χ1) is 9.10. The highest BCUT2D eigenvalue weighted by Gasteiger charge is 2.11. The lowest BCUT2D eigenvalue weighted by Gasteiger charge is -2.06. The molecule has 3 N–H and O–H groups in total. The van der Waals surface area contributed by atoms with Crippen LogP contribution in [0.1, 0.15) is 16.1 Å². The summed E-state index contributed by atoms with van der Waals surface area (Å²) in [6.07, 6.45) is 0. The monoisotopic (exact) mass is 273 g/mol. The Morgan fingerprint density at radius 3 is 2.74 bits per heavy atom. The van der Waals surface area contributed by atoms with E-state index in [1.807, 2.05) is 6.07 Å². The number of amides is 1. The molecule has 0 bridgehead atoms. The molecule has 0 radical (unpaired) electrons. The number of nitrogens with zero attached hydrogens (tertiary/aromatic N) is 3. The predicted molar refractivity (Wildman–Crippen MR) is 70.6 cm³/mol. The molecule has 0 spiro atoms. The molecule has 1 aromatic heterocycles. The summed E-state index contributed by atoms with van der Waals surface area (Å²) in [6, 6.07) is 9.44. The number of carbonyl (C=O) groups excluding carboxylic acids is 1. The number of halogens is 1. The number of nitrogens with two attached hydrogens (primary N) is 1. The maximum Gasteiger partial charge on any atom is 0.276 e. The van der Waals surface area contributed by atoms with Crippen LogP contribution in [0.25, 0.3) is 0 Å². The molecule has 0 aliphatic carbocycles. The second-order valence-electron chi connectivity index (χ2n) is 3.60. The van der Waals surface area contributed by atoms with Crippen LogP contribution in [0.5, 0.6) is 0 Å².